The summed E-state index contributed by atoms with van der Waals surface area (Å²) in [5, 5.41) is 29.4. The van der Waals surface area contributed by atoms with E-state index in [4.69, 9.17) is 0 Å². The van der Waals surface area contributed by atoms with Crippen molar-refractivity contribution in [1.29, 1.82) is 0 Å². The molecule has 0 spiro atoms. The molecule has 162 valence electrons. The summed E-state index contributed by atoms with van der Waals surface area (Å²) in [7, 11) is 0. The fourth-order valence-corrected chi connectivity index (χ4v) is 3.55. The van der Waals surface area contributed by atoms with E-state index in [9.17, 15) is 54.8 Å². The Kier molecular flexibility index (Phi) is 5.98. The molecule has 27 heavy (non-hydrogen) atoms. The molecule has 1 saturated carbocycles. The Hall–Kier alpha value is -0.750. The molecule has 0 aromatic carbocycles. The van der Waals surface area contributed by atoms with Crippen molar-refractivity contribution in [2.45, 2.75) is 75.4 Å². The Balaban J connectivity index is 3.50. The molecule has 0 aromatic heterocycles. The maximum atomic E-state index is 13.1. The summed E-state index contributed by atoms with van der Waals surface area (Å²) in [5.74, 6) is -6.28. The van der Waals surface area contributed by atoms with Crippen LogP contribution in [-0.4, -0.2) is 50.7 Å². The monoisotopic (exact) mass is 420 g/mol. The lowest BCUT2D eigenvalue weighted by Crippen LogP contribution is -2.64. The highest BCUT2D eigenvalue weighted by Crippen LogP contribution is 2.56. The SMILES string of the molecule is CC(C)(O)C1CC(C(C)(O)C(F)(F)F)CC(C(O)(C(F)(F)F)C(F)(F)F)C1. The summed E-state index contributed by atoms with van der Waals surface area (Å²) in [6.07, 6.45) is -20.8. The van der Waals surface area contributed by atoms with Gasteiger partial charge in [-0.25, -0.2) is 0 Å². The fourth-order valence-electron chi connectivity index (χ4n) is 3.55. The van der Waals surface area contributed by atoms with Crippen LogP contribution >= 0.6 is 0 Å². The van der Waals surface area contributed by atoms with Gasteiger partial charge in [0.1, 0.15) is 0 Å². The molecule has 0 radical (unpaired) electrons. The summed E-state index contributed by atoms with van der Waals surface area (Å²) in [5.41, 5.74) is -10.8. The molecule has 1 fully saturated rings. The van der Waals surface area contributed by atoms with E-state index in [0.717, 1.165) is 13.8 Å². The summed E-state index contributed by atoms with van der Waals surface area (Å²) >= 11 is 0. The molecule has 0 amide bonds. The van der Waals surface area contributed by atoms with Crippen LogP contribution in [0.4, 0.5) is 39.5 Å². The van der Waals surface area contributed by atoms with Crippen LogP contribution < -0.4 is 0 Å². The molecule has 1 rings (SSSR count). The first kappa shape index (κ1) is 24.3. The third-order valence-corrected chi connectivity index (χ3v) is 5.53. The van der Waals surface area contributed by atoms with Crippen LogP contribution in [0.3, 0.4) is 0 Å². The van der Waals surface area contributed by atoms with E-state index >= 15 is 0 Å². The second-order valence-electron chi connectivity index (χ2n) is 7.86. The Morgan fingerprint density at radius 1 is 0.556 bits per heavy atom. The molecule has 1 aliphatic rings. The Bertz CT molecular complexity index is 515. The molecule has 0 aliphatic heterocycles. The normalized spacial score (nSPS) is 28.8. The van der Waals surface area contributed by atoms with E-state index in [0.29, 0.717) is 0 Å². The van der Waals surface area contributed by atoms with Crippen molar-refractivity contribution >= 4 is 0 Å². The number of alkyl halides is 9. The third kappa shape index (κ3) is 4.31. The van der Waals surface area contributed by atoms with E-state index < -0.39 is 72.3 Å². The highest BCUT2D eigenvalue weighted by molar-refractivity contribution is 5.06. The number of hydrogen-bond acceptors (Lipinski definition) is 3. The van der Waals surface area contributed by atoms with Crippen LogP contribution in [0, 0.1) is 17.8 Å². The molecular weight excluding hydrogens is 399 g/mol. The number of rotatable bonds is 3. The van der Waals surface area contributed by atoms with Gasteiger partial charge < -0.3 is 15.3 Å². The average molecular weight is 420 g/mol. The lowest BCUT2D eigenvalue weighted by molar-refractivity contribution is -0.392. The molecule has 3 nitrogen and oxygen atoms in total. The molecule has 0 bridgehead atoms. The molecule has 0 aromatic rings. The van der Waals surface area contributed by atoms with Crippen LogP contribution in [0.2, 0.25) is 0 Å². The van der Waals surface area contributed by atoms with E-state index in [-0.39, 0.29) is 6.92 Å². The maximum absolute atomic E-state index is 13.1. The Morgan fingerprint density at radius 3 is 1.19 bits per heavy atom. The summed E-state index contributed by atoms with van der Waals surface area (Å²) in [6.45, 7) is 2.31. The largest absolute Gasteiger partial charge is 0.426 e. The summed E-state index contributed by atoms with van der Waals surface area (Å²) in [4.78, 5) is 0. The first-order valence-corrected chi connectivity index (χ1v) is 7.94. The smallest absolute Gasteiger partial charge is 0.390 e. The van der Waals surface area contributed by atoms with Crippen LogP contribution in [0.1, 0.15) is 40.0 Å². The third-order valence-electron chi connectivity index (χ3n) is 5.53. The second kappa shape index (κ2) is 6.65. The van der Waals surface area contributed by atoms with Crippen molar-refractivity contribution in [2.24, 2.45) is 17.8 Å². The molecule has 4 unspecified atom stereocenters. The minimum absolute atomic E-state index is 0.252. The molecule has 4 atom stereocenters. The van der Waals surface area contributed by atoms with Crippen molar-refractivity contribution in [3.63, 3.8) is 0 Å². The minimum Gasteiger partial charge on any atom is -0.390 e. The fraction of sp³-hybridized carbons (Fsp3) is 1.00. The van der Waals surface area contributed by atoms with E-state index in [1.165, 1.54) is 0 Å². The van der Waals surface area contributed by atoms with Crippen molar-refractivity contribution in [1.82, 2.24) is 0 Å². The Labute approximate surface area is 149 Å². The summed E-state index contributed by atoms with van der Waals surface area (Å²) in [6, 6.07) is 0. The van der Waals surface area contributed by atoms with Crippen LogP contribution in [0.25, 0.3) is 0 Å². The molecule has 3 N–H and O–H groups in total. The Morgan fingerprint density at radius 2 is 0.889 bits per heavy atom. The first-order valence-electron chi connectivity index (χ1n) is 7.94. The lowest BCUT2D eigenvalue weighted by Gasteiger charge is -2.50. The number of halogens is 9. The van der Waals surface area contributed by atoms with Crippen LogP contribution in [0.5, 0.6) is 0 Å². The first-order chi connectivity index (χ1) is 11.6. The zero-order valence-electron chi connectivity index (χ0n) is 14.6. The van der Waals surface area contributed by atoms with Crippen LogP contribution in [-0.2, 0) is 0 Å². The standard InChI is InChI=1S/C15H21F9O3/c1-10(2,25)7-4-8(11(3,26)13(16,17)18)6-9(5-7)12(27,14(19,20)21)15(22,23)24/h7-9,25-27H,4-6H2,1-3H3. The summed E-state index contributed by atoms with van der Waals surface area (Å²) < 4.78 is 118. The maximum Gasteiger partial charge on any atom is 0.426 e. The zero-order valence-corrected chi connectivity index (χ0v) is 14.6. The molecule has 0 saturated heterocycles. The van der Waals surface area contributed by atoms with Gasteiger partial charge in [0.05, 0.1) is 5.60 Å². The quantitative estimate of drug-likeness (QED) is 0.606. The van der Waals surface area contributed by atoms with Gasteiger partial charge in [-0.05, 0) is 51.9 Å². The number of hydrogen-bond donors (Lipinski definition) is 3. The van der Waals surface area contributed by atoms with Gasteiger partial charge in [0.2, 0.25) is 0 Å². The van der Waals surface area contributed by atoms with Crippen molar-refractivity contribution in [2.75, 3.05) is 0 Å². The highest BCUT2D eigenvalue weighted by atomic mass is 19.4. The minimum atomic E-state index is -6.22. The molecule has 0 heterocycles. The van der Waals surface area contributed by atoms with Crippen molar-refractivity contribution in [3.8, 4) is 0 Å². The van der Waals surface area contributed by atoms with Gasteiger partial charge in [0, 0.05) is 5.92 Å². The zero-order chi connectivity index (χ0) is 21.9. The van der Waals surface area contributed by atoms with Gasteiger partial charge in [-0.1, -0.05) is 0 Å². The van der Waals surface area contributed by atoms with Gasteiger partial charge >= 0.3 is 18.5 Å². The van der Waals surface area contributed by atoms with Gasteiger partial charge in [0.25, 0.3) is 5.60 Å². The predicted octanol–water partition coefficient (Wildman–Crippen LogP) is 3.96. The average Bonchev–Trinajstić information content (AvgIpc) is 2.41. The van der Waals surface area contributed by atoms with Gasteiger partial charge in [-0.2, -0.15) is 39.5 Å². The molecule has 1 aliphatic carbocycles. The topological polar surface area (TPSA) is 60.7 Å². The second-order valence-corrected chi connectivity index (χ2v) is 7.86. The van der Waals surface area contributed by atoms with Crippen molar-refractivity contribution in [3.05, 3.63) is 0 Å². The van der Waals surface area contributed by atoms with E-state index in [1.807, 2.05) is 0 Å². The van der Waals surface area contributed by atoms with Crippen LogP contribution in [0.15, 0.2) is 0 Å². The number of aliphatic hydroxyl groups is 3. The molecule has 12 heteroatoms. The van der Waals surface area contributed by atoms with E-state index in [1.54, 1.807) is 0 Å². The van der Waals surface area contributed by atoms with Gasteiger partial charge in [-0.15, -0.1) is 0 Å². The lowest BCUT2D eigenvalue weighted by atomic mass is 9.61. The predicted molar refractivity (Wildman–Crippen MR) is 74.4 cm³/mol. The van der Waals surface area contributed by atoms with E-state index in [2.05, 4.69) is 0 Å². The van der Waals surface area contributed by atoms with Gasteiger partial charge in [0.15, 0.2) is 5.60 Å². The highest BCUT2D eigenvalue weighted by Gasteiger charge is 2.75. The molecular formula is C15H21F9O3. The van der Waals surface area contributed by atoms with Crippen molar-refractivity contribution < 1.29 is 54.8 Å². The van der Waals surface area contributed by atoms with Gasteiger partial charge in [-0.3, -0.25) is 0 Å².